The van der Waals surface area contributed by atoms with Crippen LogP contribution in [-0.2, 0) is 0 Å². The normalized spacial score (nSPS) is 8.94. The van der Waals surface area contributed by atoms with Gasteiger partial charge in [0, 0.05) is 12.4 Å². The van der Waals surface area contributed by atoms with E-state index in [1.165, 1.54) is 12.3 Å². The molecule has 17 heavy (non-hydrogen) atoms. The number of primary amides is 1. The lowest BCUT2D eigenvalue weighted by Crippen LogP contribution is -2.13. The number of nitrogen functional groups attached to an aromatic ring is 2. The van der Waals surface area contributed by atoms with E-state index in [0.717, 1.165) is 0 Å². The van der Waals surface area contributed by atoms with Crippen molar-refractivity contribution >= 4 is 17.5 Å². The zero-order valence-corrected chi connectivity index (χ0v) is 9.08. The fraction of sp³-hybridized carbons (Fsp3) is 0. The van der Waals surface area contributed by atoms with Crippen LogP contribution in [0.1, 0.15) is 10.4 Å². The minimum atomic E-state index is -0.550. The summed E-state index contributed by atoms with van der Waals surface area (Å²) in [6.07, 6.45) is 3.16. The maximum absolute atomic E-state index is 10.5. The SMILES string of the molecule is NC(=O)c1cccnc1N.Nc1ccccn1. The predicted molar refractivity (Wildman–Crippen MR) is 65.8 cm³/mol. The van der Waals surface area contributed by atoms with Gasteiger partial charge in [0.2, 0.25) is 0 Å². The van der Waals surface area contributed by atoms with E-state index >= 15 is 0 Å². The number of amides is 1. The molecule has 0 aliphatic carbocycles. The van der Waals surface area contributed by atoms with Crippen molar-refractivity contribution in [2.24, 2.45) is 5.73 Å². The molecule has 2 heterocycles. The van der Waals surface area contributed by atoms with E-state index in [0.29, 0.717) is 5.82 Å². The monoisotopic (exact) mass is 231 g/mol. The molecule has 0 saturated carbocycles. The fourth-order valence-electron chi connectivity index (χ4n) is 1.00. The van der Waals surface area contributed by atoms with Crippen LogP contribution >= 0.6 is 0 Å². The second-order valence-corrected chi connectivity index (χ2v) is 3.06. The highest BCUT2D eigenvalue weighted by Crippen LogP contribution is 2.03. The highest BCUT2D eigenvalue weighted by atomic mass is 16.1. The first-order valence-electron chi connectivity index (χ1n) is 4.78. The summed E-state index contributed by atoms with van der Waals surface area (Å²) in [5.41, 5.74) is 15.8. The molecule has 1 amide bonds. The topological polar surface area (TPSA) is 121 Å². The number of rotatable bonds is 1. The van der Waals surface area contributed by atoms with Crippen molar-refractivity contribution in [3.05, 3.63) is 48.3 Å². The number of carbonyl (C=O) groups is 1. The first-order chi connectivity index (χ1) is 8.11. The number of pyridine rings is 2. The van der Waals surface area contributed by atoms with Crippen molar-refractivity contribution in [1.82, 2.24) is 9.97 Å². The Morgan fingerprint density at radius 2 is 1.71 bits per heavy atom. The molecule has 0 fully saturated rings. The molecule has 6 nitrogen and oxygen atoms in total. The molecule has 6 N–H and O–H groups in total. The zero-order chi connectivity index (χ0) is 12.7. The van der Waals surface area contributed by atoms with E-state index in [2.05, 4.69) is 9.97 Å². The predicted octanol–water partition coefficient (Wildman–Crippen LogP) is 0.426. The van der Waals surface area contributed by atoms with Crippen molar-refractivity contribution in [2.45, 2.75) is 0 Å². The van der Waals surface area contributed by atoms with Gasteiger partial charge in [-0.2, -0.15) is 0 Å². The van der Waals surface area contributed by atoms with Crippen LogP contribution in [0, 0.1) is 0 Å². The molecule has 2 rings (SSSR count). The molecule has 0 atom stereocenters. The van der Waals surface area contributed by atoms with Crippen molar-refractivity contribution in [1.29, 1.82) is 0 Å². The van der Waals surface area contributed by atoms with Crippen LogP contribution < -0.4 is 17.2 Å². The van der Waals surface area contributed by atoms with Crippen LogP contribution in [-0.4, -0.2) is 15.9 Å². The van der Waals surface area contributed by atoms with E-state index in [9.17, 15) is 4.79 Å². The van der Waals surface area contributed by atoms with Crippen molar-refractivity contribution in [2.75, 3.05) is 11.5 Å². The van der Waals surface area contributed by atoms with E-state index in [-0.39, 0.29) is 11.4 Å². The average Bonchev–Trinajstić information content (AvgIpc) is 2.31. The molecule has 0 unspecified atom stereocenters. The van der Waals surface area contributed by atoms with E-state index in [1.54, 1.807) is 18.3 Å². The van der Waals surface area contributed by atoms with Gasteiger partial charge in [0.1, 0.15) is 11.6 Å². The highest BCUT2D eigenvalue weighted by molar-refractivity contribution is 5.96. The second-order valence-electron chi connectivity index (χ2n) is 3.06. The summed E-state index contributed by atoms with van der Waals surface area (Å²) >= 11 is 0. The van der Waals surface area contributed by atoms with Crippen LogP contribution in [0.2, 0.25) is 0 Å². The van der Waals surface area contributed by atoms with Crippen LogP contribution in [0.25, 0.3) is 0 Å². The largest absolute Gasteiger partial charge is 0.384 e. The van der Waals surface area contributed by atoms with Crippen LogP contribution in [0.5, 0.6) is 0 Å². The first kappa shape index (κ1) is 12.4. The maximum Gasteiger partial charge on any atom is 0.252 e. The van der Waals surface area contributed by atoms with Gasteiger partial charge < -0.3 is 17.2 Å². The lowest BCUT2D eigenvalue weighted by atomic mass is 10.2. The summed E-state index contributed by atoms with van der Waals surface area (Å²) in [5.74, 6) is 0.197. The number of nitrogens with zero attached hydrogens (tertiary/aromatic N) is 2. The Hall–Kier alpha value is -2.63. The summed E-state index contributed by atoms with van der Waals surface area (Å²) in [6, 6.07) is 8.57. The molecule has 0 aromatic carbocycles. The summed E-state index contributed by atoms with van der Waals surface area (Å²) in [4.78, 5) is 18.0. The quantitative estimate of drug-likeness (QED) is 0.657. The summed E-state index contributed by atoms with van der Waals surface area (Å²) in [7, 11) is 0. The van der Waals surface area contributed by atoms with Gasteiger partial charge in [0.05, 0.1) is 5.56 Å². The molecule has 88 valence electrons. The van der Waals surface area contributed by atoms with Gasteiger partial charge in [0.15, 0.2) is 0 Å². The molecular formula is C11H13N5O. The Balaban J connectivity index is 0.000000181. The molecule has 6 heteroatoms. The number of anilines is 2. The molecule has 2 aromatic heterocycles. The van der Waals surface area contributed by atoms with E-state index in [1.807, 2.05) is 12.1 Å². The molecule has 0 bridgehead atoms. The molecule has 0 spiro atoms. The van der Waals surface area contributed by atoms with Gasteiger partial charge in [0.25, 0.3) is 5.91 Å². The molecule has 2 aromatic rings. The number of carbonyl (C=O) groups excluding carboxylic acids is 1. The van der Waals surface area contributed by atoms with Crippen LogP contribution in [0.4, 0.5) is 11.6 Å². The Labute approximate surface area is 98.5 Å². The smallest absolute Gasteiger partial charge is 0.252 e. The Kier molecular flexibility index (Phi) is 4.44. The third-order valence-corrected chi connectivity index (χ3v) is 1.79. The third kappa shape index (κ3) is 4.17. The first-order valence-corrected chi connectivity index (χ1v) is 4.78. The Morgan fingerprint density at radius 1 is 1.00 bits per heavy atom. The molecule has 0 aliphatic rings. The van der Waals surface area contributed by atoms with Crippen molar-refractivity contribution < 1.29 is 4.79 Å². The van der Waals surface area contributed by atoms with Crippen LogP contribution in [0.15, 0.2) is 42.7 Å². The lowest BCUT2D eigenvalue weighted by molar-refractivity contribution is 0.100. The van der Waals surface area contributed by atoms with Crippen LogP contribution in [0.3, 0.4) is 0 Å². The fourth-order valence-corrected chi connectivity index (χ4v) is 1.00. The van der Waals surface area contributed by atoms with Gasteiger partial charge in [-0.25, -0.2) is 9.97 Å². The van der Waals surface area contributed by atoms with Gasteiger partial charge in [-0.05, 0) is 24.3 Å². The average molecular weight is 231 g/mol. The third-order valence-electron chi connectivity index (χ3n) is 1.79. The van der Waals surface area contributed by atoms with Crippen molar-refractivity contribution in [3.8, 4) is 0 Å². The second kappa shape index (κ2) is 6.06. The van der Waals surface area contributed by atoms with Crippen molar-refractivity contribution in [3.63, 3.8) is 0 Å². The summed E-state index contributed by atoms with van der Waals surface area (Å²) < 4.78 is 0. The summed E-state index contributed by atoms with van der Waals surface area (Å²) in [6.45, 7) is 0. The molecule has 0 radical (unpaired) electrons. The lowest BCUT2D eigenvalue weighted by Gasteiger charge is -1.96. The standard InChI is InChI=1S/C6H7N3O.C5H6N2/c7-5-4(6(8)10)2-1-3-9-5;6-5-3-1-2-4-7-5/h1-3H,(H2,7,9)(H2,8,10);1-4H,(H2,6,7). The molecular weight excluding hydrogens is 218 g/mol. The van der Waals surface area contributed by atoms with Gasteiger partial charge >= 0.3 is 0 Å². The zero-order valence-electron chi connectivity index (χ0n) is 9.08. The summed E-state index contributed by atoms with van der Waals surface area (Å²) in [5, 5.41) is 0. The Morgan fingerprint density at radius 3 is 2.06 bits per heavy atom. The molecule has 0 aliphatic heterocycles. The number of hydrogen-bond donors (Lipinski definition) is 3. The van der Waals surface area contributed by atoms with Gasteiger partial charge in [-0.15, -0.1) is 0 Å². The van der Waals surface area contributed by atoms with E-state index < -0.39 is 5.91 Å². The van der Waals surface area contributed by atoms with Gasteiger partial charge in [-0.1, -0.05) is 6.07 Å². The number of aromatic nitrogens is 2. The highest BCUT2D eigenvalue weighted by Gasteiger charge is 2.02. The minimum absolute atomic E-state index is 0.176. The number of nitrogens with two attached hydrogens (primary N) is 3. The Bertz CT molecular complexity index is 486. The van der Waals surface area contributed by atoms with E-state index in [4.69, 9.17) is 17.2 Å². The number of hydrogen-bond acceptors (Lipinski definition) is 5. The van der Waals surface area contributed by atoms with Gasteiger partial charge in [-0.3, -0.25) is 4.79 Å². The minimum Gasteiger partial charge on any atom is -0.384 e. The molecule has 0 saturated heterocycles. The maximum atomic E-state index is 10.5.